The first-order valence-electron chi connectivity index (χ1n) is 10.2. The Balaban J connectivity index is 1.59. The fraction of sp³-hybridized carbons (Fsp3) is 0.500. The van der Waals surface area contributed by atoms with E-state index in [0.29, 0.717) is 18.0 Å². The number of hydrogen-bond donors (Lipinski definition) is 2. The Bertz CT molecular complexity index is 807. The van der Waals surface area contributed by atoms with Crippen LogP contribution in [0.4, 0.5) is 11.6 Å². The predicted octanol–water partition coefficient (Wildman–Crippen LogP) is 3.41. The largest absolute Gasteiger partial charge is 0.376 e. The van der Waals surface area contributed by atoms with E-state index in [1.54, 1.807) is 25.3 Å². The van der Waals surface area contributed by atoms with Gasteiger partial charge >= 0.3 is 0 Å². The number of carbonyl (C=O) groups excluding carboxylic acids is 1. The van der Waals surface area contributed by atoms with Gasteiger partial charge < -0.3 is 20.3 Å². The maximum absolute atomic E-state index is 12.0. The number of hydrogen-bond acceptors (Lipinski definition) is 6. The second kappa shape index (κ2) is 9.69. The normalized spacial score (nSPS) is 19.1. The number of nitrogens with one attached hydrogen (secondary N) is 2. The van der Waals surface area contributed by atoms with Crippen molar-refractivity contribution in [3.05, 3.63) is 47.8 Å². The number of rotatable bonds is 7. The average Bonchev–Trinajstić information content (AvgIpc) is 2.72. The molecule has 1 aromatic heterocycles. The third-order valence-corrected chi connectivity index (χ3v) is 5.10. The summed E-state index contributed by atoms with van der Waals surface area (Å²) in [7, 11) is 3.50. The second-order valence-electron chi connectivity index (χ2n) is 8.01. The van der Waals surface area contributed by atoms with Crippen LogP contribution in [0.5, 0.6) is 0 Å². The molecule has 2 aromatic rings. The number of amides is 1. The van der Waals surface area contributed by atoms with E-state index < -0.39 is 0 Å². The fourth-order valence-electron chi connectivity index (χ4n) is 3.55. The van der Waals surface area contributed by atoms with Crippen molar-refractivity contribution in [2.75, 3.05) is 31.3 Å². The van der Waals surface area contributed by atoms with E-state index in [2.05, 4.69) is 34.4 Å². The van der Waals surface area contributed by atoms with Gasteiger partial charge in [0.05, 0.1) is 12.1 Å². The molecule has 1 saturated heterocycles. The Morgan fingerprint density at radius 3 is 2.62 bits per heavy atom. The van der Waals surface area contributed by atoms with Gasteiger partial charge in [0.2, 0.25) is 0 Å². The predicted molar refractivity (Wildman–Crippen MR) is 115 cm³/mol. The van der Waals surface area contributed by atoms with Crippen molar-refractivity contribution in [3.8, 4) is 0 Å². The molecule has 0 unspecified atom stereocenters. The molecule has 0 radical (unpaired) electrons. The van der Waals surface area contributed by atoms with Gasteiger partial charge in [-0.1, -0.05) is 26.0 Å². The Hall–Kier alpha value is -2.67. The molecule has 1 aliphatic heterocycles. The van der Waals surface area contributed by atoms with Crippen LogP contribution in [0, 0.1) is 5.92 Å². The highest BCUT2D eigenvalue weighted by Crippen LogP contribution is 2.24. The molecule has 0 saturated carbocycles. The van der Waals surface area contributed by atoms with Crippen molar-refractivity contribution < 1.29 is 9.53 Å². The van der Waals surface area contributed by atoms with Crippen molar-refractivity contribution in [1.29, 1.82) is 0 Å². The van der Waals surface area contributed by atoms with E-state index in [4.69, 9.17) is 4.74 Å². The number of benzene rings is 1. The van der Waals surface area contributed by atoms with Crippen LogP contribution in [-0.2, 0) is 11.3 Å². The van der Waals surface area contributed by atoms with Gasteiger partial charge in [0.25, 0.3) is 5.91 Å². The van der Waals surface area contributed by atoms with Crippen LogP contribution in [0.25, 0.3) is 0 Å². The lowest BCUT2D eigenvalue weighted by Crippen LogP contribution is -2.43. The quantitative estimate of drug-likeness (QED) is 0.745. The molecule has 29 heavy (non-hydrogen) atoms. The molecule has 7 heteroatoms. The number of carbonyl (C=O) groups is 1. The summed E-state index contributed by atoms with van der Waals surface area (Å²) in [4.78, 5) is 22.2. The zero-order chi connectivity index (χ0) is 20.8. The minimum absolute atomic E-state index is 0.00224. The summed E-state index contributed by atoms with van der Waals surface area (Å²) in [5.41, 5.74) is 1.76. The molecule has 2 N–H and O–H groups in total. The number of aromatic nitrogens is 2. The van der Waals surface area contributed by atoms with Gasteiger partial charge in [-0.05, 0) is 36.5 Å². The van der Waals surface area contributed by atoms with Crippen LogP contribution in [0.15, 0.2) is 36.7 Å². The molecule has 0 bridgehead atoms. The monoisotopic (exact) mass is 397 g/mol. The molecule has 1 fully saturated rings. The van der Waals surface area contributed by atoms with E-state index in [0.717, 1.165) is 36.6 Å². The van der Waals surface area contributed by atoms with Crippen LogP contribution in [-0.4, -0.2) is 53.6 Å². The number of nitrogens with zero attached hydrogens (tertiary/aromatic N) is 3. The van der Waals surface area contributed by atoms with Crippen LogP contribution < -0.4 is 10.6 Å². The molecule has 1 aliphatic rings. The first kappa shape index (κ1) is 21.0. The first-order valence-corrected chi connectivity index (χ1v) is 10.2. The van der Waals surface area contributed by atoms with Crippen LogP contribution in [0.3, 0.4) is 0 Å². The lowest BCUT2D eigenvalue weighted by molar-refractivity contribution is -0.0203. The SMILES string of the molecule is CC(C)[C@@H]1OCCC[C@@H]1Nc1cc(NCc2ccc(C(=O)N(C)C)cc2)ncn1. The Kier molecular flexibility index (Phi) is 7.04. The highest BCUT2D eigenvalue weighted by Gasteiger charge is 2.28. The summed E-state index contributed by atoms with van der Waals surface area (Å²) in [6, 6.07) is 9.79. The minimum atomic E-state index is 0.00224. The average molecular weight is 398 g/mol. The molecule has 1 amide bonds. The number of anilines is 2. The van der Waals surface area contributed by atoms with Crippen molar-refractivity contribution in [2.45, 2.75) is 45.4 Å². The molecule has 3 rings (SSSR count). The third-order valence-electron chi connectivity index (χ3n) is 5.10. The van der Waals surface area contributed by atoms with E-state index in [-0.39, 0.29) is 18.1 Å². The molecule has 0 spiro atoms. The van der Waals surface area contributed by atoms with E-state index in [9.17, 15) is 4.79 Å². The van der Waals surface area contributed by atoms with E-state index in [1.165, 1.54) is 0 Å². The van der Waals surface area contributed by atoms with Crippen LogP contribution in [0.1, 0.15) is 42.6 Å². The molecule has 2 heterocycles. The smallest absolute Gasteiger partial charge is 0.253 e. The molecule has 2 atom stereocenters. The van der Waals surface area contributed by atoms with E-state index >= 15 is 0 Å². The topological polar surface area (TPSA) is 79.4 Å². The Labute approximate surface area is 172 Å². The maximum Gasteiger partial charge on any atom is 0.253 e. The zero-order valence-electron chi connectivity index (χ0n) is 17.7. The third kappa shape index (κ3) is 5.67. The summed E-state index contributed by atoms with van der Waals surface area (Å²) in [6.07, 6.45) is 3.90. The fourth-order valence-corrected chi connectivity index (χ4v) is 3.55. The highest BCUT2D eigenvalue weighted by atomic mass is 16.5. The van der Waals surface area contributed by atoms with Crippen molar-refractivity contribution >= 4 is 17.5 Å². The van der Waals surface area contributed by atoms with Gasteiger partial charge in [-0.25, -0.2) is 9.97 Å². The lowest BCUT2D eigenvalue weighted by atomic mass is 9.94. The van der Waals surface area contributed by atoms with Crippen LogP contribution in [0.2, 0.25) is 0 Å². The van der Waals surface area contributed by atoms with Gasteiger partial charge in [-0.3, -0.25) is 4.79 Å². The number of ether oxygens (including phenoxy) is 1. The molecular weight excluding hydrogens is 366 g/mol. The molecule has 1 aromatic carbocycles. The van der Waals surface area contributed by atoms with Gasteiger partial charge in [0.1, 0.15) is 18.0 Å². The lowest BCUT2D eigenvalue weighted by Gasteiger charge is -2.35. The van der Waals surface area contributed by atoms with Gasteiger partial charge in [0, 0.05) is 38.9 Å². The standard InChI is InChI=1S/C22H31N5O2/c1-15(2)21-18(6-5-11-29-21)26-20-12-19(24-14-25-20)23-13-16-7-9-17(10-8-16)22(28)27(3)4/h7-10,12,14-15,18,21H,5-6,11,13H2,1-4H3,(H2,23,24,25,26)/t18-,21-/m0/s1. The molecule has 0 aliphatic carbocycles. The van der Waals surface area contributed by atoms with Crippen molar-refractivity contribution in [1.82, 2.24) is 14.9 Å². The minimum Gasteiger partial charge on any atom is -0.376 e. The van der Waals surface area contributed by atoms with Crippen LogP contribution >= 0.6 is 0 Å². The van der Waals surface area contributed by atoms with Gasteiger partial charge in [-0.15, -0.1) is 0 Å². The van der Waals surface area contributed by atoms with Crippen molar-refractivity contribution in [2.24, 2.45) is 5.92 Å². The van der Waals surface area contributed by atoms with Gasteiger partial charge in [-0.2, -0.15) is 0 Å². The first-order chi connectivity index (χ1) is 13.9. The Morgan fingerprint density at radius 2 is 1.93 bits per heavy atom. The summed E-state index contributed by atoms with van der Waals surface area (Å²) in [5, 5.41) is 6.85. The Morgan fingerprint density at radius 1 is 1.21 bits per heavy atom. The van der Waals surface area contributed by atoms with Gasteiger partial charge in [0.15, 0.2) is 0 Å². The summed E-state index contributed by atoms with van der Waals surface area (Å²) < 4.78 is 5.95. The summed E-state index contributed by atoms with van der Waals surface area (Å²) in [5.74, 6) is 2.02. The second-order valence-corrected chi connectivity index (χ2v) is 8.01. The van der Waals surface area contributed by atoms with Crippen molar-refractivity contribution in [3.63, 3.8) is 0 Å². The zero-order valence-corrected chi connectivity index (χ0v) is 17.7. The molecular formula is C22H31N5O2. The summed E-state index contributed by atoms with van der Waals surface area (Å²) in [6.45, 7) is 5.83. The highest BCUT2D eigenvalue weighted by molar-refractivity contribution is 5.93. The molecule has 7 nitrogen and oxygen atoms in total. The molecule has 156 valence electrons. The maximum atomic E-state index is 12.0. The summed E-state index contributed by atoms with van der Waals surface area (Å²) >= 11 is 0. The van der Waals surface area contributed by atoms with E-state index in [1.807, 2.05) is 30.3 Å².